The van der Waals surface area contributed by atoms with Gasteiger partial charge < -0.3 is 14.2 Å². The predicted octanol–water partition coefficient (Wildman–Crippen LogP) is 3.28. The average molecular weight is 290 g/mol. The zero-order valence-electron chi connectivity index (χ0n) is 12.6. The number of carbonyl (C=O) groups excluding carboxylic acids is 1. The van der Waals surface area contributed by atoms with Crippen LogP contribution < -0.4 is 4.74 Å². The molecule has 0 heterocycles. The van der Waals surface area contributed by atoms with Crippen LogP contribution in [0.3, 0.4) is 0 Å². The van der Waals surface area contributed by atoms with Crippen molar-refractivity contribution in [3.8, 4) is 5.75 Å². The topological polar surface area (TPSA) is 44.8 Å². The summed E-state index contributed by atoms with van der Waals surface area (Å²) in [7, 11) is 1.65. The van der Waals surface area contributed by atoms with E-state index in [9.17, 15) is 4.79 Å². The molecule has 0 aliphatic rings. The van der Waals surface area contributed by atoms with Crippen LogP contribution >= 0.6 is 0 Å². The van der Waals surface area contributed by atoms with Crippen molar-refractivity contribution < 1.29 is 19.0 Å². The van der Waals surface area contributed by atoms with Crippen LogP contribution in [0.1, 0.15) is 18.9 Å². The Balaban J connectivity index is 2.12. The van der Waals surface area contributed by atoms with Gasteiger partial charge in [0.2, 0.25) is 0 Å². The van der Waals surface area contributed by atoms with Gasteiger partial charge in [0.1, 0.15) is 5.75 Å². The Kier molecular flexibility index (Phi) is 8.64. The van der Waals surface area contributed by atoms with Crippen LogP contribution in [0.5, 0.6) is 5.75 Å². The van der Waals surface area contributed by atoms with E-state index in [1.807, 2.05) is 36.4 Å². The molecule has 114 valence electrons. The van der Waals surface area contributed by atoms with Crippen molar-refractivity contribution in [3.63, 3.8) is 0 Å². The molecule has 0 spiro atoms. The molecule has 4 heteroatoms. The van der Waals surface area contributed by atoms with Gasteiger partial charge in [-0.3, -0.25) is 0 Å². The van der Waals surface area contributed by atoms with Gasteiger partial charge in [0, 0.05) is 6.08 Å². The van der Waals surface area contributed by atoms with E-state index in [4.69, 9.17) is 14.2 Å². The summed E-state index contributed by atoms with van der Waals surface area (Å²) in [6.07, 6.45) is 7.63. The van der Waals surface area contributed by atoms with Gasteiger partial charge in [0.05, 0.1) is 26.9 Å². The summed E-state index contributed by atoms with van der Waals surface area (Å²) in [6.45, 7) is 3.39. The minimum Gasteiger partial charge on any atom is -0.497 e. The van der Waals surface area contributed by atoms with Crippen LogP contribution in [0.15, 0.2) is 48.6 Å². The largest absolute Gasteiger partial charge is 0.497 e. The van der Waals surface area contributed by atoms with Crippen LogP contribution in [0.2, 0.25) is 0 Å². The quantitative estimate of drug-likeness (QED) is 0.303. The Bertz CT molecular complexity index is 460. The second-order valence-corrected chi connectivity index (χ2v) is 4.23. The molecule has 0 unspecified atom stereocenters. The number of ether oxygens (including phenoxy) is 3. The first-order valence-corrected chi connectivity index (χ1v) is 6.97. The van der Waals surface area contributed by atoms with E-state index in [1.54, 1.807) is 20.1 Å². The first kappa shape index (κ1) is 17.0. The molecule has 0 atom stereocenters. The standard InChI is InChI=1S/C17H22O4/c1-3-21-17(18)8-6-4-5-7-13-20-14-15-9-11-16(19-2)12-10-15/h4-6,8-12H,3,7,13-14H2,1-2H3/b5-4+,8-6+. The summed E-state index contributed by atoms with van der Waals surface area (Å²) in [5.41, 5.74) is 1.11. The van der Waals surface area contributed by atoms with Crippen LogP contribution in [0, 0.1) is 0 Å². The van der Waals surface area contributed by atoms with Gasteiger partial charge in [-0.2, -0.15) is 0 Å². The lowest BCUT2D eigenvalue weighted by atomic mass is 10.2. The van der Waals surface area contributed by atoms with E-state index in [0.29, 0.717) is 19.8 Å². The summed E-state index contributed by atoms with van der Waals surface area (Å²) >= 11 is 0. The van der Waals surface area contributed by atoms with Crippen molar-refractivity contribution in [2.45, 2.75) is 20.0 Å². The van der Waals surface area contributed by atoms with E-state index in [2.05, 4.69) is 0 Å². The van der Waals surface area contributed by atoms with Crippen molar-refractivity contribution in [1.82, 2.24) is 0 Å². The number of methoxy groups -OCH3 is 1. The second-order valence-electron chi connectivity index (χ2n) is 4.23. The lowest BCUT2D eigenvalue weighted by Gasteiger charge is -2.04. The first-order chi connectivity index (χ1) is 10.3. The Hall–Kier alpha value is -2.07. The lowest BCUT2D eigenvalue weighted by Crippen LogP contribution is -1.98. The zero-order chi connectivity index (χ0) is 15.3. The Labute approximate surface area is 126 Å². The van der Waals surface area contributed by atoms with E-state index in [-0.39, 0.29) is 5.97 Å². The number of esters is 1. The normalized spacial score (nSPS) is 11.1. The van der Waals surface area contributed by atoms with Crippen molar-refractivity contribution >= 4 is 5.97 Å². The van der Waals surface area contributed by atoms with Crippen molar-refractivity contribution in [3.05, 3.63) is 54.1 Å². The molecule has 0 fully saturated rings. The molecule has 0 bridgehead atoms. The third-order valence-corrected chi connectivity index (χ3v) is 2.62. The maximum atomic E-state index is 11.0. The highest BCUT2D eigenvalue weighted by atomic mass is 16.5. The summed E-state index contributed by atoms with van der Waals surface area (Å²) in [5.74, 6) is 0.521. The maximum Gasteiger partial charge on any atom is 0.330 e. The molecule has 1 rings (SSSR count). The monoisotopic (exact) mass is 290 g/mol. The number of rotatable bonds is 9. The lowest BCUT2D eigenvalue weighted by molar-refractivity contribution is -0.137. The third kappa shape index (κ3) is 7.95. The molecule has 0 amide bonds. The number of carbonyl (C=O) groups is 1. The molecule has 21 heavy (non-hydrogen) atoms. The highest BCUT2D eigenvalue weighted by molar-refractivity contribution is 5.82. The van der Waals surface area contributed by atoms with Gasteiger partial charge in [-0.1, -0.05) is 30.4 Å². The number of hydrogen-bond donors (Lipinski definition) is 0. The molecule has 0 saturated heterocycles. The summed E-state index contributed by atoms with van der Waals surface area (Å²) < 4.78 is 15.4. The molecule has 4 nitrogen and oxygen atoms in total. The minimum atomic E-state index is -0.321. The van der Waals surface area contributed by atoms with Gasteiger partial charge in [0.15, 0.2) is 0 Å². The van der Waals surface area contributed by atoms with Crippen LogP contribution in [-0.2, 0) is 20.9 Å². The fourth-order valence-electron chi connectivity index (χ4n) is 1.56. The molecular weight excluding hydrogens is 268 g/mol. The van der Waals surface area contributed by atoms with Crippen LogP contribution in [-0.4, -0.2) is 26.3 Å². The predicted molar refractivity (Wildman–Crippen MR) is 82.2 cm³/mol. The van der Waals surface area contributed by atoms with Crippen molar-refractivity contribution in [1.29, 1.82) is 0 Å². The van der Waals surface area contributed by atoms with Gasteiger partial charge >= 0.3 is 5.97 Å². The molecule has 1 aromatic carbocycles. The first-order valence-electron chi connectivity index (χ1n) is 6.97. The molecule has 0 aliphatic carbocycles. The number of hydrogen-bond acceptors (Lipinski definition) is 4. The van der Waals surface area contributed by atoms with Gasteiger partial charge in [-0.05, 0) is 31.0 Å². The minimum absolute atomic E-state index is 0.321. The van der Waals surface area contributed by atoms with Crippen molar-refractivity contribution in [2.24, 2.45) is 0 Å². The van der Waals surface area contributed by atoms with Crippen LogP contribution in [0.4, 0.5) is 0 Å². The van der Waals surface area contributed by atoms with E-state index in [1.165, 1.54) is 6.08 Å². The number of allylic oxidation sites excluding steroid dienone is 2. The van der Waals surface area contributed by atoms with E-state index in [0.717, 1.165) is 17.7 Å². The number of benzene rings is 1. The Morgan fingerprint density at radius 3 is 2.62 bits per heavy atom. The van der Waals surface area contributed by atoms with Gasteiger partial charge in [-0.25, -0.2) is 4.79 Å². The molecule has 0 saturated carbocycles. The maximum absolute atomic E-state index is 11.0. The highest BCUT2D eigenvalue weighted by Gasteiger charge is 1.94. The smallest absolute Gasteiger partial charge is 0.330 e. The third-order valence-electron chi connectivity index (χ3n) is 2.62. The Morgan fingerprint density at radius 1 is 1.19 bits per heavy atom. The second kappa shape index (κ2) is 10.7. The molecule has 0 aromatic heterocycles. The fraction of sp³-hybridized carbons (Fsp3) is 0.353. The van der Waals surface area contributed by atoms with Gasteiger partial charge in [0.25, 0.3) is 0 Å². The van der Waals surface area contributed by atoms with E-state index >= 15 is 0 Å². The van der Waals surface area contributed by atoms with E-state index < -0.39 is 0 Å². The zero-order valence-corrected chi connectivity index (χ0v) is 12.6. The molecule has 0 N–H and O–H groups in total. The molecular formula is C17H22O4. The summed E-state index contributed by atoms with van der Waals surface area (Å²) in [6, 6.07) is 7.80. The molecule has 0 aliphatic heterocycles. The van der Waals surface area contributed by atoms with Gasteiger partial charge in [-0.15, -0.1) is 0 Å². The fourth-order valence-corrected chi connectivity index (χ4v) is 1.56. The average Bonchev–Trinajstić information content (AvgIpc) is 2.51. The molecule has 1 aromatic rings. The SMILES string of the molecule is CCOC(=O)/C=C/C=C/CCOCc1ccc(OC)cc1. The Morgan fingerprint density at radius 2 is 1.95 bits per heavy atom. The van der Waals surface area contributed by atoms with Crippen molar-refractivity contribution in [2.75, 3.05) is 20.3 Å². The highest BCUT2D eigenvalue weighted by Crippen LogP contribution is 2.11. The summed E-state index contributed by atoms with van der Waals surface area (Å²) in [5, 5.41) is 0. The molecule has 0 radical (unpaired) electrons. The van der Waals surface area contributed by atoms with Crippen LogP contribution in [0.25, 0.3) is 0 Å². The summed E-state index contributed by atoms with van der Waals surface area (Å²) in [4.78, 5) is 11.0.